The van der Waals surface area contributed by atoms with Crippen molar-refractivity contribution < 1.29 is 9.90 Å². The molecule has 0 spiro atoms. The van der Waals surface area contributed by atoms with Crippen LogP contribution in [-0.2, 0) is 6.54 Å². The highest BCUT2D eigenvalue weighted by atomic mass is 35.5. The van der Waals surface area contributed by atoms with Crippen molar-refractivity contribution >= 4 is 24.1 Å². The first-order valence-electron chi connectivity index (χ1n) is 5.65. The van der Waals surface area contributed by atoms with Gasteiger partial charge >= 0.3 is 5.97 Å². The van der Waals surface area contributed by atoms with Crippen molar-refractivity contribution in [3.05, 3.63) is 59.4 Å². The van der Waals surface area contributed by atoms with E-state index in [2.05, 4.69) is 10.3 Å². The third kappa shape index (κ3) is 3.69. The second kappa shape index (κ2) is 6.75. The second-order valence-corrected chi connectivity index (χ2v) is 3.96. The summed E-state index contributed by atoms with van der Waals surface area (Å²) in [6.45, 7) is 2.37. The van der Waals surface area contributed by atoms with Gasteiger partial charge in [-0.25, -0.2) is 4.79 Å². The van der Waals surface area contributed by atoms with E-state index in [4.69, 9.17) is 5.11 Å². The smallest absolute Gasteiger partial charge is 0.336 e. The molecule has 0 unspecified atom stereocenters. The zero-order chi connectivity index (χ0) is 13.0. The van der Waals surface area contributed by atoms with Crippen LogP contribution in [0.2, 0.25) is 0 Å². The molecule has 2 rings (SSSR count). The monoisotopic (exact) mass is 278 g/mol. The van der Waals surface area contributed by atoms with Crippen molar-refractivity contribution in [2.24, 2.45) is 0 Å². The minimum Gasteiger partial charge on any atom is -0.478 e. The van der Waals surface area contributed by atoms with Crippen LogP contribution in [0.25, 0.3) is 0 Å². The molecule has 0 saturated heterocycles. The molecule has 5 heteroatoms. The van der Waals surface area contributed by atoms with E-state index in [9.17, 15) is 4.79 Å². The molecule has 0 radical (unpaired) electrons. The number of rotatable bonds is 4. The number of carboxylic acids is 1. The Morgan fingerprint density at radius 1 is 1.26 bits per heavy atom. The predicted molar refractivity (Wildman–Crippen MR) is 77.0 cm³/mol. The van der Waals surface area contributed by atoms with Gasteiger partial charge in [0.1, 0.15) is 0 Å². The van der Waals surface area contributed by atoms with Crippen LogP contribution in [0.15, 0.2) is 42.6 Å². The Balaban J connectivity index is 0.00000180. The summed E-state index contributed by atoms with van der Waals surface area (Å²) in [5, 5.41) is 12.2. The second-order valence-electron chi connectivity index (χ2n) is 3.96. The highest BCUT2D eigenvalue weighted by Crippen LogP contribution is 2.19. The normalized spacial score (nSPS) is 9.53. The summed E-state index contributed by atoms with van der Waals surface area (Å²) >= 11 is 0. The fraction of sp³-hybridized carbons (Fsp3) is 0.143. The third-order valence-corrected chi connectivity index (χ3v) is 2.75. The summed E-state index contributed by atoms with van der Waals surface area (Å²) in [7, 11) is 0. The van der Waals surface area contributed by atoms with Crippen LogP contribution < -0.4 is 5.32 Å². The molecule has 0 bridgehead atoms. The molecule has 0 saturated carbocycles. The van der Waals surface area contributed by atoms with E-state index in [0.29, 0.717) is 12.1 Å². The number of pyridine rings is 1. The van der Waals surface area contributed by atoms with Gasteiger partial charge in [-0.2, -0.15) is 0 Å². The molecule has 0 amide bonds. The fourth-order valence-electron chi connectivity index (χ4n) is 1.75. The van der Waals surface area contributed by atoms with Crippen LogP contribution in [-0.4, -0.2) is 16.1 Å². The maximum atomic E-state index is 11.0. The Labute approximate surface area is 117 Å². The summed E-state index contributed by atoms with van der Waals surface area (Å²) in [5.41, 5.74) is 2.79. The van der Waals surface area contributed by atoms with Crippen molar-refractivity contribution in [3.63, 3.8) is 0 Å². The van der Waals surface area contributed by atoms with Crippen LogP contribution in [0.3, 0.4) is 0 Å². The summed E-state index contributed by atoms with van der Waals surface area (Å²) in [4.78, 5) is 15.2. The lowest BCUT2D eigenvalue weighted by atomic mass is 10.1. The number of nitrogens with zero attached hydrogens (tertiary/aromatic N) is 1. The van der Waals surface area contributed by atoms with Gasteiger partial charge in [-0.15, -0.1) is 12.4 Å². The predicted octanol–water partition coefficient (Wildman–Crippen LogP) is 3.12. The Bertz CT molecular complexity index is 559. The number of hydrogen-bond acceptors (Lipinski definition) is 3. The lowest BCUT2D eigenvalue weighted by Crippen LogP contribution is -2.06. The molecular weight excluding hydrogens is 264 g/mol. The van der Waals surface area contributed by atoms with Gasteiger partial charge in [0.05, 0.1) is 17.8 Å². The minimum absolute atomic E-state index is 0. The van der Waals surface area contributed by atoms with Gasteiger partial charge in [0.15, 0.2) is 0 Å². The van der Waals surface area contributed by atoms with Crippen molar-refractivity contribution in [1.29, 1.82) is 0 Å². The Kier molecular flexibility index (Phi) is 5.33. The largest absolute Gasteiger partial charge is 0.478 e. The molecular formula is C14H15ClN2O2. The number of anilines is 1. The molecule has 0 aliphatic carbocycles. The molecule has 19 heavy (non-hydrogen) atoms. The highest BCUT2D eigenvalue weighted by molar-refractivity contribution is 5.91. The standard InChI is InChI=1S/C14H14N2O2.ClH/c1-10-12(14(17)18)6-4-7-13(10)16-9-11-5-2-3-8-15-11;/h2-8,16H,9H2,1H3,(H,17,18);1H. The van der Waals surface area contributed by atoms with Gasteiger partial charge in [0.2, 0.25) is 0 Å². The lowest BCUT2D eigenvalue weighted by molar-refractivity contribution is 0.0696. The average Bonchev–Trinajstić information content (AvgIpc) is 2.38. The molecule has 2 aromatic rings. The van der Waals surface area contributed by atoms with E-state index in [-0.39, 0.29) is 12.4 Å². The van der Waals surface area contributed by atoms with E-state index in [0.717, 1.165) is 16.9 Å². The summed E-state index contributed by atoms with van der Waals surface area (Å²) in [5.74, 6) is -0.908. The topological polar surface area (TPSA) is 62.2 Å². The van der Waals surface area contributed by atoms with Gasteiger partial charge in [0.25, 0.3) is 0 Å². The molecule has 0 aliphatic rings. The quantitative estimate of drug-likeness (QED) is 0.902. The van der Waals surface area contributed by atoms with Crippen LogP contribution in [0.1, 0.15) is 21.6 Å². The molecule has 0 fully saturated rings. The van der Waals surface area contributed by atoms with Gasteiger partial charge in [-0.05, 0) is 36.8 Å². The van der Waals surface area contributed by atoms with E-state index in [1.54, 1.807) is 25.3 Å². The Morgan fingerprint density at radius 2 is 2.05 bits per heavy atom. The Morgan fingerprint density at radius 3 is 2.68 bits per heavy atom. The van der Waals surface area contributed by atoms with E-state index < -0.39 is 5.97 Å². The molecule has 4 nitrogen and oxygen atoms in total. The van der Waals surface area contributed by atoms with Crippen molar-refractivity contribution in [2.75, 3.05) is 5.32 Å². The Hall–Kier alpha value is -2.07. The average molecular weight is 279 g/mol. The first kappa shape index (κ1) is 15.0. The molecule has 0 aliphatic heterocycles. The first-order chi connectivity index (χ1) is 8.68. The van der Waals surface area contributed by atoms with Crippen molar-refractivity contribution in [1.82, 2.24) is 4.98 Å². The van der Waals surface area contributed by atoms with E-state index in [1.807, 2.05) is 24.3 Å². The summed E-state index contributed by atoms with van der Waals surface area (Å²) in [6.07, 6.45) is 1.73. The SMILES string of the molecule is Cc1c(NCc2ccccn2)cccc1C(=O)O.Cl. The molecule has 1 aromatic carbocycles. The third-order valence-electron chi connectivity index (χ3n) is 2.75. The lowest BCUT2D eigenvalue weighted by Gasteiger charge is -2.10. The number of benzene rings is 1. The van der Waals surface area contributed by atoms with Gasteiger partial charge in [-0.3, -0.25) is 4.98 Å². The van der Waals surface area contributed by atoms with E-state index >= 15 is 0 Å². The zero-order valence-electron chi connectivity index (χ0n) is 10.5. The van der Waals surface area contributed by atoms with Gasteiger partial charge < -0.3 is 10.4 Å². The summed E-state index contributed by atoms with van der Waals surface area (Å²) < 4.78 is 0. The number of carbonyl (C=O) groups is 1. The van der Waals surface area contributed by atoms with Crippen LogP contribution >= 0.6 is 12.4 Å². The van der Waals surface area contributed by atoms with Crippen LogP contribution in [0.5, 0.6) is 0 Å². The zero-order valence-corrected chi connectivity index (χ0v) is 11.3. The molecule has 1 heterocycles. The molecule has 0 atom stereocenters. The maximum Gasteiger partial charge on any atom is 0.336 e. The number of aromatic nitrogens is 1. The minimum atomic E-state index is -0.908. The van der Waals surface area contributed by atoms with Crippen LogP contribution in [0, 0.1) is 6.92 Å². The number of nitrogens with one attached hydrogen (secondary N) is 1. The first-order valence-corrected chi connectivity index (χ1v) is 5.65. The fourth-order valence-corrected chi connectivity index (χ4v) is 1.75. The van der Waals surface area contributed by atoms with E-state index in [1.165, 1.54) is 0 Å². The number of halogens is 1. The highest BCUT2D eigenvalue weighted by Gasteiger charge is 2.09. The molecule has 2 N–H and O–H groups in total. The van der Waals surface area contributed by atoms with Crippen molar-refractivity contribution in [2.45, 2.75) is 13.5 Å². The number of hydrogen-bond donors (Lipinski definition) is 2. The summed E-state index contributed by atoms with van der Waals surface area (Å²) in [6, 6.07) is 10.9. The van der Waals surface area contributed by atoms with Gasteiger partial charge in [-0.1, -0.05) is 12.1 Å². The maximum absolute atomic E-state index is 11.0. The van der Waals surface area contributed by atoms with Gasteiger partial charge in [0, 0.05) is 11.9 Å². The molecule has 1 aromatic heterocycles. The number of aromatic carboxylic acids is 1. The molecule has 100 valence electrons. The number of carboxylic acid groups (broad SMARTS) is 1. The van der Waals surface area contributed by atoms with Crippen LogP contribution in [0.4, 0.5) is 5.69 Å². The van der Waals surface area contributed by atoms with Crippen molar-refractivity contribution in [3.8, 4) is 0 Å².